The van der Waals surface area contributed by atoms with Crippen molar-refractivity contribution in [3.8, 4) is 0 Å². The van der Waals surface area contributed by atoms with E-state index in [9.17, 15) is 4.79 Å². The van der Waals surface area contributed by atoms with Gasteiger partial charge in [-0.1, -0.05) is 23.7 Å². The zero-order valence-corrected chi connectivity index (χ0v) is 13.1. The number of anilines is 1. The van der Waals surface area contributed by atoms with Gasteiger partial charge < -0.3 is 11.1 Å². The molecule has 20 heavy (non-hydrogen) atoms. The quantitative estimate of drug-likeness (QED) is 0.885. The van der Waals surface area contributed by atoms with Gasteiger partial charge in [-0.3, -0.25) is 4.79 Å². The lowest BCUT2D eigenvalue weighted by Gasteiger charge is -2.15. The highest BCUT2D eigenvalue weighted by Crippen LogP contribution is 2.20. The van der Waals surface area contributed by atoms with E-state index in [0.29, 0.717) is 15.1 Å². The minimum absolute atomic E-state index is 0.181. The van der Waals surface area contributed by atoms with E-state index in [0.717, 1.165) is 5.56 Å². The minimum atomic E-state index is -0.274. The molecule has 1 atom stereocenters. The average Bonchev–Trinajstić information content (AvgIpc) is 2.41. The van der Waals surface area contributed by atoms with Crippen molar-refractivity contribution in [2.24, 2.45) is 0 Å². The number of nitrogens with one attached hydrogen (secondary N) is 1. The molecule has 1 amide bonds. The van der Waals surface area contributed by atoms with Gasteiger partial charge in [-0.2, -0.15) is 0 Å². The topological polar surface area (TPSA) is 68.0 Å². The Balaban J connectivity index is 2.17. The molecule has 4 nitrogen and oxygen atoms in total. The Morgan fingerprint density at radius 1 is 1.45 bits per heavy atom. The number of carbonyl (C=O) groups excluding carboxylic acids is 1. The number of pyridine rings is 1. The van der Waals surface area contributed by atoms with Gasteiger partial charge in [0.2, 0.25) is 0 Å². The molecule has 0 bridgehead atoms. The number of halogens is 2. The number of hydrogen-bond acceptors (Lipinski definition) is 3. The van der Waals surface area contributed by atoms with Crippen molar-refractivity contribution >= 4 is 39.3 Å². The summed E-state index contributed by atoms with van der Waals surface area (Å²) in [6.45, 7) is 1.88. The molecule has 3 N–H and O–H groups in total. The maximum absolute atomic E-state index is 12.2. The predicted octanol–water partition coefficient (Wildman–Crippen LogP) is 3.57. The summed E-state index contributed by atoms with van der Waals surface area (Å²) in [6, 6.07) is 8.81. The molecule has 2 rings (SSSR count). The summed E-state index contributed by atoms with van der Waals surface area (Å²) < 4.78 is 0.701. The van der Waals surface area contributed by atoms with Crippen molar-refractivity contribution in [2.75, 3.05) is 5.73 Å². The molecule has 1 unspecified atom stereocenters. The minimum Gasteiger partial charge on any atom is -0.383 e. The molecule has 2 aromatic rings. The van der Waals surface area contributed by atoms with Gasteiger partial charge in [0.15, 0.2) is 0 Å². The molecule has 1 aromatic heterocycles. The molecule has 0 saturated carbocycles. The first-order chi connectivity index (χ1) is 9.47. The van der Waals surface area contributed by atoms with E-state index in [2.05, 4.69) is 26.2 Å². The first-order valence-electron chi connectivity index (χ1n) is 5.94. The number of nitrogens with two attached hydrogens (primary N) is 1. The largest absolute Gasteiger partial charge is 0.383 e. The van der Waals surface area contributed by atoms with Crippen LogP contribution < -0.4 is 11.1 Å². The van der Waals surface area contributed by atoms with Crippen LogP contribution in [0, 0.1) is 0 Å². The lowest BCUT2D eigenvalue weighted by molar-refractivity contribution is 0.0940. The van der Waals surface area contributed by atoms with Crippen LogP contribution in [0.4, 0.5) is 5.82 Å². The Kier molecular flexibility index (Phi) is 4.62. The third-order valence-corrected chi connectivity index (χ3v) is 3.49. The molecule has 0 aliphatic rings. The third-order valence-electron chi connectivity index (χ3n) is 2.83. The summed E-state index contributed by atoms with van der Waals surface area (Å²) in [6.07, 6.45) is 1.55. The monoisotopic (exact) mass is 353 g/mol. The number of amides is 1. The van der Waals surface area contributed by atoms with Crippen LogP contribution in [0.2, 0.25) is 5.02 Å². The average molecular weight is 355 g/mol. The van der Waals surface area contributed by atoms with Crippen molar-refractivity contribution in [2.45, 2.75) is 13.0 Å². The second-order valence-electron chi connectivity index (χ2n) is 4.34. The molecule has 104 valence electrons. The fraction of sp³-hybridized carbons (Fsp3) is 0.143. The number of aromatic nitrogens is 1. The smallest absolute Gasteiger partial charge is 0.255 e. The Morgan fingerprint density at radius 3 is 2.90 bits per heavy atom. The fourth-order valence-electron chi connectivity index (χ4n) is 1.77. The summed E-state index contributed by atoms with van der Waals surface area (Å²) in [7, 11) is 0. The lowest BCUT2D eigenvalue weighted by atomic mass is 10.1. The zero-order valence-electron chi connectivity index (χ0n) is 10.7. The second-order valence-corrected chi connectivity index (χ2v) is 5.69. The highest BCUT2D eigenvalue weighted by Gasteiger charge is 2.15. The van der Waals surface area contributed by atoms with Crippen LogP contribution in [0.3, 0.4) is 0 Å². The van der Waals surface area contributed by atoms with Crippen LogP contribution in [0.5, 0.6) is 0 Å². The molecule has 1 heterocycles. The lowest BCUT2D eigenvalue weighted by Crippen LogP contribution is -2.27. The highest BCUT2D eigenvalue weighted by atomic mass is 79.9. The molecular formula is C14H13BrClN3O. The van der Waals surface area contributed by atoms with E-state index in [1.54, 1.807) is 18.3 Å². The van der Waals surface area contributed by atoms with Crippen molar-refractivity contribution in [3.63, 3.8) is 0 Å². The number of carbonyl (C=O) groups is 1. The molecule has 0 radical (unpaired) electrons. The molecule has 1 aromatic carbocycles. The van der Waals surface area contributed by atoms with Crippen LogP contribution in [0.25, 0.3) is 0 Å². The summed E-state index contributed by atoms with van der Waals surface area (Å²) in [4.78, 5) is 16.1. The number of hydrogen-bond donors (Lipinski definition) is 2. The predicted molar refractivity (Wildman–Crippen MR) is 83.7 cm³/mol. The van der Waals surface area contributed by atoms with Gasteiger partial charge in [0.25, 0.3) is 5.91 Å². The molecule has 0 saturated heterocycles. The van der Waals surface area contributed by atoms with E-state index < -0.39 is 0 Å². The van der Waals surface area contributed by atoms with Crippen LogP contribution in [0.1, 0.15) is 28.9 Å². The van der Waals surface area contributed by atoms with E-state index in [1.807, 2.05) is 25.1 Å². The van der Waals surface area contributed by atoms with Crippen LogP contribution in [-0.4, -0.2) is 10.9 Å². The van der Waals surface area contributed by atoms with E-state index >= 15 is 0 Å². The maximum Gasteiger partial charge on any atom is 0.255 e. The second kappa shape index (κ2) is 6.24. The molecule has 0 fully saturated rings. The van der Waals surface area contributed by atoms with Gasteiger partial charge in [-0.05, 0) is 46.6 Å². The van der Waals surface area contributed by atoms with Crippen LogP contribution in [0.15, 0.2) is 41.0 Å². The number of rotatable bonds is 3. The molecule has 0 spiro atoms. The Morgan fingerprint density at radius 2 is 2.20 bits per heavy atom. The first-order valence-corrected chi connectivity index (χ1v) is 7.12. The van der Waals surface area contributed by atoms with Crippen LogP contribution >= 0.6 is 27.5 Å². The number of nitrogens with zero attached hydrogens (tertiary/aromatic N) is 1. The Hall–Kier alpha value is -1.59. The SMILES string of the molecule is CC(NC(=O)c1cc(Br)cnc1N)c1cccc(Cl)c1. The van der Waals surface area contributed by atoms with Gasteiger partial charge in [-0.15, -0.1) is 0 Å². The number of nitrogen functional groups attached to an aromatic ring is 1. The Labute approximate surface area is 130 Å². The van der Waals surface area contributed by atoms with Crippen molar-refractivity contribution < 1.29 is 4.79 Å². The zero-order chi connectivity index (χ0) is 14.7. The van der Waals surface area contributed by atoms with Crippen molar-refractivity contribution in [3.05, 3.63) is 57.2 Å². The maximum atomic E-state index is 12.2. The molecular weight excluding hydrogens is 342 g/mol. The van der Waals surface area contributed by atoms with Gasteiger partial charge >= 0.3 is 0 Å². The summed E-state index contributed by atoms with van der Waals surface area (Å²) in [5.74, 6) is -0.0761. The van der Waals surface area contributed by atoms with Crippen LogP contribution in [-0.2, 0) is 0 Å². The van der Waals surface area contributed by atoms with Gasteiger partial charge in [-0.25, -0.2) is 4.98 Å². The van der Waals surface area contributed by atoms with E-state index in [4.69, 9.17) is 17.3 Å². The van der Waals surface area contributed by atoms with Gasteiger partial charge in [0.05, 0.1) is 11.6 Å². The standard InChI is InChI=1S/C14H13BrClN3O/c1-8(9-3-2-4-11(16)5-9)19-14(20)12-6-10(15)7-18-13(12)17/h2-8H,1H3,(H2,17,18)(H,19,20). The fourth-order valence-corrected chi connectivity index (χ4v) is 2.30. The molecule has 0 aliphatic heterocycles. The summed E-state index contributed by atoms with van der Waals surface area (Å²) in [5, 5.41) is 3.50. The first kappa shape index (κ1) is 14.8. The molecule has 6 heteroatoms. The van der Waals surface area contributed by atoms with E-state index in [-0.39, 0.29) is 17.8 Å². The van der Waals surface area contributed by atoms with Gasteiger partial charge in [0.1, 0.15) is 5.82 Å². The molecule has 0 aliphatic carbocycles. The normalized spacial score (nSPS) is 11.9. The van der Waals surface area contributed by atoms with Crippen molar-refractivity contribution in [1.29, 1.82) is 0 Å². The Bertz CT molecular complexity index is 648. The van der Waals surface area contributed by atoms with Crippen molar-refractivity contribution in [1.82, 2.24) is 10.3 Å². The van der Waals surface area contributed by atoms with Gasteiger partial charge in [0, 0.05) is 15.7 Å². The summed E-state index contributed by atoms with van der Waals surface area (Å²) in [5.41, 5.74) is 6.98. The van der Waals surface area contributed by atoms with E-state index in [1.165, 1.54) is 0 Å². The third kappa shape index (κ3) is 3.49. The summed E-state index contributed by atoms with van der Waals surface area (Å²) >= 11 is 9.21. The highest BCUT2D eigenvalue weighted by molar-refractivity contribution is 9.10. The number of benzene rings is 1.